The van der Waals surface area contributed by atoms with Gasteiger partial charge in [-0.15, -0.1) is 0 Å². The molecule has 1 N–H and O–H groups in total. The Balaban J connectivity index is 2.31. The van der Waals surface area contributed by atoms with Crippen molar-refractivity contribution < 1.29 is 14.2 Å². The Morgan fingerprint density at radius 1 is 1.47 bits per heavy atom. The van der Waals surface area contributed by atoms with Gasteiger partial charge in [-0.1, -0.05) is 0 Å². The molecular formula is C12H14N2O3. The first kappa shape index (κ1) is 11.6. The molecule has 0 bridgehead atoms. The van der Waals surface area contributed by atoms with E-state index in [1.807, 2.05) is 19.2 Å². The molecule has 1 aliphatic heterocycles. The van der Waals surface area contributed by atoms with Crippen molar-refractivity contribution in [2.45, 2.75) is 19.6 Å². The molecule has 0 aromatic heterocycles. The van der Waals surface area contributed by atoms with Crippen LogP contribution in [-0.2, 0) is 6.54 Å². The summed E-state index contributed by atoms with van der Waals surface area (Å²) in [7, 11) is 1.85. The van der Waals surface area contributed by atoms with Crippen molar-refractivity contribution in [1.82, 2.24) is 5.32 Å². The summed E-state index contributed by atoms with van der Waals surface area (Å²) < 4.78 is 16.1. The number of hydrogen-bond donors (Lipinski definition) is 1. The first-order valence-corrected chi connectivity index (χ1v) is 5.38. The molecule has 0 spiro atoms. The van der Waals surface area contributed by atoms with Crippen molar-refractivity contribution in [1.29, 1.82) is 5.26 Å². The molecule has 0 saturated carbocycles. The van der Waals surface area contributed by atoms with E-state index in [2.05, 4.69) is 5.32 Å². The lowest BCUT2D eigenvalue weighted by Gasteiger charge is -2.13. The van der Waals surface area contributed by atoms with Gasteiger partial charge in [-0.05, 0) is 20.0 Å². The molecule has 0 fully saturated rings. The Morgan fingerprint density at radius 3 is 2.82 bits per heavy atom. The molecular weight excluding hydrogens is 220 g/mol. The van der Waals surface area contributed by atoms with Crippen LogP contribution in [0.4, 0.5) is 0 Å². The van der Waals surface area contributed by atoms with Gasteiger partial charge in [0, 0.05) is 18.2 Å². The molecule has 17 heavy (non-hydrogen) atoms. The summed E-state index contributed by atoms with van der Waals surface area (Å²) in [5, 5.41) is 11.8. The molecule has 0 saturated heterocycles. The first-order chi connectivity index (χ1) is 8.24. The minimum Gasteiger partial charge on any atom is -0.475 e. The SMILES string of the molecule is CNCc1cc2c(cc1OC(C)C#N)OCO2. The van der Waals surface area contributed by atoms with Gasteiger partial charge < -0.3 is 19.5 Å². The number of nitrogens with zero attached hydrogens (tertiary/aromatic N) is 1. The average Bonchev–Trinajstić information content (AvgIpc) is 2.76. The summed E-state index contributed by atoms with van der Waals surface area (Å²) in [4.78, 5) is 0. The summed E-state index contributed by atoms with van der Waals surface area (Å²) in [6, 6.07) is 5.68. The van der Waals surface area contributed by atoms with Crippen molar-refractivity contribution in [3.8, 4) is 23.3 Å². The van der Waals surface area contributed by atoms with E-state index in [0.29, 0.717) is 23.8 Å². The molecule has 2 rings (SSSR count). The summed E-state index contributed by atoms with van der Waals surface area (Å²) in [5.41, 5.74) is 0.943. The lowest BCUT2D eigenvalue weighted by molar-refractivity contribution is 0.173. The van der Waals surface area contributed by atoms with E-state index in [4.69, 9.17) is 19.5 Å². The lowest BCUT2D eigenvalue weighted by atomic mass is 10.1. The molecule has 1 aromatic carbocycles. The Kier molecular flexibility index (Phi) is 3.35. The maximum Gasteiger partial charge on any atom is 0.231 e. The zero-order chi connectivity index (χ0) is 12.3. The summed E-state index contributed by atoms with van der Waals surface area (Å²) in [5.74, 6) is 2.02. The van der Waals surface area contributed by atoms with Crippen LogP contribution >= 0.6 is 0 Å². The third kappa shape index (κ3) is 2.43. The number of ether oxygens (including phenoxy) is 3. The standard InChI is InChI=1S/C12H14N2O3/c1-8(5-13)17-10-4-12-11(15-7-16-12)3-9(10)6-14-2/h3-4,8,14H,6-7H2,1-2H3. The molecule has 0 aliphatic carbocycles. The number of fused-ring (bicyclic) bond motifs is 1. The smallest absolute Gasteiger partial charge is 0.231 e. The summed E-state index contributed by atoms with van der Waals surface area (Å²) in [6.07, 6.45) is -0.494. The Labute approximate surface area is 99.9 Å². The fourth-order valence-electron chi connectivity index (χ4n) is 1.62. The van der Waals surface area contributed by atoms with Crippen LogP contribution in [0.15, 0.2) is 12.1 Å². The summed E-state index contributed by atoms with van der Waals surface area (Å²) in [6.45, 7) is 2.57. The molecule has 0 radical (unpaired) electrons. The van der Waals surface area contributed by atoms with E-state index in [0.717, 1.165) is 5.56 Å². The molecule has 1 heterocycles. The highest BCUT2D eigenvalue weighted by atomic mass is 16.7. The van der Waals surface area contributed by atoms with Gasteiger partial charge in [-0.3, -0.25) is 0 Å². The second kappa shape index (κ2) is 4.93. The lowest BCUT2D eigenvalue weighted by Crippen LogP contribution is -2.12. The Bertz CT molecular complexity index is 454. The Morgan fingerprint density at radius 2 is 2.18 bits per heavy atom. The van der Waals surface area contributed by atoms with Crippen LogP contribution in [0.5, 0.6) is 17.2 Å². The van der Waals surface area contributed by atoms with Crippen molar-refractivity contribution >= 4 is 0 Å². The second-order valence-corrected chi connectivity index (χ2v) is 3.73. The number of nitrogens with one attached hydrogen (secondary N) is 1. The predicted octanol–water partition coefficient (Wildman–Crippen LogP) is 1.43. The van der Waals surface area contributed by atoms with Crippen molar-refractivity contribution in [3.05, 3.63) is 17.7 Å². The van der Waals surface area contributed by atoms with Crippen molar-refractivity contribution in [2.75, 3.05) is 13.8 Å². The molecule has 90 valence electrons. The van der Waals surface area contributed by atoms with Crippen LogP contribution in [0.1, 0.15) is 12.5 Å². The number of benzene rings is 1. The van der Waals surface area contributed by atoms with Gasteiger partial charge in [0.05, 0.1) is 0 Å². The van der Waals surface area contributed by atoms with Gasteiger partial charge in [0.15, 0.2) is 17.6 Å². The molecule has 5 nitrogen and oxygen atoms in total. The maximum atomic E-state index is 8.76. The molecule has 0 amide bonds. The van der Waals surface area contributed by atoms with Gasteiger partial charge in [-0.2, -0.15) is 5.26 Å². The van der Waals surface area contributed by atoms with E-state index in [9.17, 15) is 0 Å². The van der Waals surface area contributed by atoms with Crippen LogP contribution in [0, 0.1) is 11.3 Å². The van der Waals surface area contributed by atoms with Gasteiger partial charge in [-0.25, -0.2) is 0 Å². The molecule has 5 heteroatoms. The highest BCUT2D eigenvalue weighted by Gasteiger charge is 2.18. The van der Waals surface area contributed by atoms with E-state index in [1.165, 1.54) is 0 Å². The van der Waals surface area contributed by atoms with E-state index in [-0.39, 0.29) is 6.79 Å². The van der Waals surface area contributed by atoms with Crippen LogP contribution in [0.25, 0.3) is 0 Å². The third-order valence-corrected chi connectivity index (χ3v) is 2.41. The van der Waals surface area contributed by atoms with E-state index in [1.54, 1.807) is 13.0 Å². The molecule has 1 unspecified atom stereocenters. The minimum absolute atomic E-state index is 0.228. The highest BCUT2D eigenvalue weighted by molar-refractivity contribution is 5.52. The van der Waals surface area contributed by atoms with Gasteiger partial charge >= 0.3 is 0 Å². The van der Waals surface area contributed by atoms with Crippen LogP contribution in [-0.4, -0.2) is 19.9 Å². The largest absolute Gasteiger partial charge is 0.475 e. The van der Waals surface area contributed by atoms with Crippen LogP contribution in [0.3, 0.4) is 0 Å². The monoisotopic (exact) mass is 234 g/mol. The average molecular weight is 234 g/mol. The van der Waals surface area contributed by atoms with Gasteiger partial charge in [0.1, 0.15) is 11.8 Å². The van der Waals surface area contributed by atoms with Gasteiger partial charge in [0.25, 0.3) is 0 Å². The molecule has 1 aliphatic rings. The predicted molar refractivity (Wildman–Crippen MR) is 61.0 cm³/mol. The first-order valence-electron chi connectivity index (χ1n) is 5.38. The summed E-state index contributed by atoms with van der Waals surface area (Å²) >= 11 is 0. The van der Waals surface area contributed by atoms with Crippen LogP contribution < -0.4 is 19.5 Å². The van der Waals surface area contributed by atoms with E-state index >= 15 is 0 Å². The third-order valence-electron chi connectivity index (χ3n) is 2.41. The van der Waals surface area contributed by atoms with Crippen molar-refractivity contribution in [3.63, 3.8) is 0 Å². The maximum absolute atomic E-state index is 8.76. The number of hydrogen-bond acceptors (Lipinski definition) is 5. The number of nitriles is 1. The van der Waals surface area contributed by atoms with Crippen molar-refractivity contribution in [2.24, 2.45) is 0 Å². The van der Waals surface area contributed by atoms with Gasteiger partial charge in [0.2, 0.25) is 6.79 Å². The Hall–Kier alpha value is -1.93. The topological polar surface area (TPSA) is 63.5 Å². The zero-order valence-corrected chi connectivity index (χ0v) is 9.82. The number of rotatable bonds is 4. The van der Waals surface area contributed by atoms with Crippen LogP contribution in [0.2, 0.25) is 0 Å². The zero-order valence-electron chi connectivity index (χ0n) is 9.82. The fourth-order valence-corrected chi connectivity index (χ4v) is 1.62. The fraction of sp³-hybridized carbons (Fsp3) is 0.417. The van der Waals surface area contributed by atoms with E-state index < -0.39 is 6.10 Å². The normalized spacial score (nSPS) is 14.2. The molecule has 1 atom stereocenters. The second-order valence-electron chi connectivity index (χ2n) is 3.73. The highest BCUT2D eigenvalue weighted by Crippen LogP contribution is 2.38. The molecule has 1 aromatic rings. The quantitative estimate of drug-likeness (QED) is 0.853. The minimum atomic E-state index is -0.494.